The van der Waals surface area contributed by atoms with Crippen LogP contribution in [0.4, 0.5) is 0 Å². The van der Waals surface area contributed by atoms with Crippen LogP contribution in [0, 0.1) is 12.8 Å². The van der Waals surface area contributed by atoms with Gasteiger partial charge in [-0.15, -0.1) is 0 Å². The van der Waals surface area contributed by atoms with Gasteiger partial charge in [0.05, 0.1) is 13.2 Å². The molecule has 0 aromatic heterocycles. The second kappa shape index (κ2) is 7.46. The van der Waals surface area contributed by atoms with Crippen LogP contribution in [0.5, 0.6) is 5.75 Å². The summed E-state index contributed by atoms with van der Waals surface area (Å²) in [5.74, 6) is 1.41. The highest BCUT2D eigenvalue weighted by atomic mass is 16.5. The zero-order chi connectivity index (χ0) is 15.2. The minimum atomic E-state index is -0.0381. The summed E-state index contributed by atoms with van der Waals surface area (Å²) in [5.41, 5.74) is 2.20. The van der Waals surface area contributed by atoms with Gasteiger partial charge in [0.2, 0.25) is 5.91 Å². The molecule has 1 aliphatic heterocycles. The highest BCUT2D eigenvalue weighted by Gasteiger charge is 2.19. The first-order chi connectivity index (χ1) is 10.1. The van der Waals surface area contributed by atoms with Crippen LogP contribution in [0.15, 0.2) is 18.2 Å². The monoisotopic (exact) mass is 290 g/mol. The second-order valence-electron chi connectivity index (χ2n) is 5.95. The van der Waals surface area contributed by atoms with Crippen LogP contribution in [0.2, 0.25) is 0 Å². The van der Waals surface area contributed by atoms with Crippen molar-refractivity contribution in [3.63, 3.8) is 0 Å². The number of rotatable bonds is 5. The van der Waals surface area contributed by atoms with Crippen LogP contribution < -0.4 is 15.4 Å². The van der Waals surface area contributed by atoms with E-state index in [0.29, 0.717) is 12.3 Å². The van der Waals surface area contributed by atoms with Gasteiger partial charge in [-0.1, -0.05) is 17.7 Å². The molecule has 1 saturated heterocycles. The van der Waals surface area contributed by atoms with Gasteiger partial charge in [-0.3, -0.25) is 4.79 Å². The summed E-state index contributed by atoms with van der Waals surface area (Å²) >= 11 is 0. The van der Waals surface area contributed by atoms with Crippen molar-refractivity contribution in [2.24, 2.45) is 5.92 Å². The fourth-order valence-electron chi connectivity index (χ4n) is 2.93. The van der Waals surface area contributed by atoms with Gasteiger partial charge in [0.25, 0.3) is 0 Å². The van der Waals surface area contributed by atoms with Crippen molar-refractivity contribution in [2.75, 3.05) is 20.2 Å². The third-order valence-electron chi connectivity index (χ3n) is 4.10. The Morgan fingerprint density at radius 3 is 3.00 bits per heavy atom. The van der Waals surface area contributed by atoms with Crippen LogP contribution in [0.3, 0.4) is 0 Å². The largest absolute Gasteiger partial charge is 0.496 e. The maximum Gasteiger partial charge on any atom is 0.220 e. The van der Waals surface area contributed by atoms with Crippen LogP contribution in [0.1, 0.15) is 43.4 Å². The first kappa shape index (κ1) is 15.8. The second-order valence-corrected chi connectivity index (χ2v) is 5.95. The van der Waals surface area contributed by atoms with Gasteiger partial charge in [-0.2, -0.15) is 0 Å². The Bertz CT molecular complexity index is 482. The molecule has 1 aromatic rings. The molecule has 2 unspecified atom stereocenters. The lowest BCUT2D eigenvalue weighted by molar-refractivity contribution is -0.122. The molecule has 21 heavy (non-hydrogen) atoms. The van der Waals surface area contributed by atoms with E-state index in [0.717, 1.165) is 30.8 Å². The number of carbonyl (C=O) groups excluding carboxylic acids is 1. The lowest BCUT2D eigenvalue weighted by Crippen LogP contribution is -2.35. The third-order valence-corrected chi connectivity index (χ3v) is 4.10. The maximum atomic E-state index is 12.2. The van der Waals surface area contributed by atoms with E-state index >= 15 is 0 Å². The van der Waals surface area contributed by atoms with Crippen molar-refractivity contribution < 1.29 is 9.53 Å². The molecule has 2 rings (SSSR count). The molecular formula is C17H26N2O2. The summed E-state index contributed by atoms with van der Waals surface area (Å²) in [7, 11) is 1.66. The number of methoxy groups -OCH3 is 1. The van der Waals surface area contributed by atoms with E-state index in [4.69, 9.17) is 4.74 Å². The average Bonchev–Trinajstić information content (AvgIpc) is 2.48. The normalized spacial score (nSPS) is 19.9. The molecule has 1 aliphatic rings. The standard InChI is InChI=1S/C17H26N2O2/c1-12-6-7-16(21-3)15(9-12)13(2)19-17(20)10-14-5-4-8-18-11-14/h6-7,9,13-14,18H,4-5,8,10-11H2,1-3H3,(H,19,20). The molecule has 4 heteroatoms. The number of nitrogens with one attached hydrogen (secondary N) is 2. The number of hydrogen-bond donors (Lipinski definition) is 2. The highest BCUT2D eigenvalue weighted by Crippen LogP contribution is 2.26. The minimum absolute atomic E-state index is 0.0381. The van der Waals surface area contributed by atoms with Crippen LogP contribution in [-0.4, -0.2) is 26.1 Å². The molecule has 1 heterocycles. The SMILES string of the molecule is COc1ccc(C)cc1C(C)NC(=O)CC1CCCNC1. The summed E-state index contributed by atoms with van der Waals surface area (Å²) in [6, 6.07) is 6.01. The first-order valence-corrected chi connectivity index (χ1v) is 7.74. The number of carbonyl (C=O) groups is 1. The minimum Gasteiger partial charge on any atom is -0.496 e. The van der Waals surface area contributed by atoms with Gasteiger partial charge in [0.1, 0.15) is 5.75 Å². The number of benzene rings is 1. The van der Waals surface area contributed by atoms with E-state index in [9.17, 15) is 4.79 Å². The van der Waals surface area contributed by atoms with Gasteiger partial charge in [0.15, 0.2) is 0 Å². The van der Waals surface area contributed by atoms with E-state index in [-0.39, 0.29) is 11.9 Å². The summed E-state index contributed by atoms with van der Waals surface area (Å²) in [5, 5.41) is 6.45. The topological polar surface area (TPSA) is 50.4 Å². The van der Waals surface area contributed by atoms with Crippen molar-refractivity contribution in [3.8, 4) is 5.75 Å². The summed E-state index contributed by atoms with van der Waals surface area (Å²) < 4.78 is 5.39. The number of piperidine rings is 1. The van der Waals surface area contributed by atoms with Crippen molar-refractivity contribution in [1.82, 2.24) is 10.6 Å². The molecule has 2 atom stereocenters. The van der Waals surface area contributed by atoms with Crippen LogP contribution in [0.25, 0.3) is 0 Å². The molecule has 0 radical (unpaired) electrons. The molecule has 0 bridgehead atoms. The van der Waals surface area contributed by atoms with Crippen molar-refractivity contribution >= 4 is 5.91 Å². The lowest BCUT2D eigenvalue weighted by atomic mass is 9.95. The van der Waals surface area contributed by atoms with Gasteiger partial charge in [-0.25, -0.2) is 0 Å². The Morgan fingerprint density at radius 1 is 1.52 bits per heavy atom. The molecule has 0 aliphatic carbocycles. The number of amides is 1. The molecule has 2 N–H and O–H groups in total. The van der Waals surface area contributed by atoms with E-state index in [2.05, 4.69) is 16.7 Å². The van der Waals surface area contributed by atoms with Gasteiger partial charge >= 0.3 is 0 Å². The Morgan fingerprint density at radius 2 is 2.33 bits per heavy atom. The smallest absolute Gasteiger partial charge is 0.220 e. The van der Waals surface area contributed by atoms with Crippen LogP contribution in [-0.2, 0) is 4.79 Å². The maximum absolute atomic E-state index is 12.2. The summed E-state index contributed by atoms with van der Waals surface area (Å²) in [6.45, 7) is 6.09. The predicted octanol–water partition coefficient (Wildman–Crippen LogP) is 2.57. The van der Waals surface area contributed by atoms with Crippen LogP contribution >= 0.6 is 0 Å². The number of hydrogen-bond acceptors (Lipinski definition) is 3. The Balaban J connectivity index is 1.95. The van der Waals surface area contributed by atoms with Gasteiger partial charge < -0.3 is 15.4 Å². The summed E-state index contributed by atoms with van der Waals surface area (Å²) in [6.07, 6.45) is 2.91. The average molecular weight is 290 g/mol. The number of aryl methyl sites for hydroxylation is 1. The quantitative estimate of drug-likeness (QED) is 0.876. The molecule has 0 spiro atoms. The van der Waals surface area contributed by atoms with Crippen molar-refractivity contribution in [3.05, 3.63) is 29.3 Å². The van der Waals surface area contributed by atoms with Crippen molar-refractivity contribution in [1.29, 1.82) is 0 Å². The van der Waals surface area contributed by atoms with E-state index in [1.165, 1.54) is 12.0 Å². The molecule has 1 fully saturated rings. The van der Waals surface area contributed by atoms with E-state index < -0.39 is 0 Å². The highest BCUT2D eigenvalue weighted by molar-refractivity contribution is 5.76. The molecule has 4 nitrogen and oxygen atoms in total. The fraction of sp³-hybridized carbons (Fsp3) is 0.588. The summed E-state index contributed by atoms with van der Waals surface area (Å²) in [4.78, 5) is 12.2. The fourth-order valence-corrected chi connectivity index (χ4v) is 2.93. The van der Waals surface area contributed by atoms with Gasteiger partial charge in [0, 0.05) is 12.0 Å². The molecular weight excluding hydrogens is 264 g/mol. The number of ether oxygens (including phenoxy) is 1. The molecule has 0 saturated carbocycles. The molecule has 1 amide bonds. The zero-order valence-corrected chi connectivity index (χ0v) is 13.2. The Hall–Kier alpha value is -1.55. The third kappa shape index (κ3) is 4.46. The van der Waals surface area contributed by atoms with E-state index in [1.54, 1.807) is 7.11 Å². The molecule has 1 aromatic carbocycles. The Kier molecular flexibility index (Phi) is 5.62. The predicted molar refractivity (Wildman–Crippen MR) is 84.5 cm³/mol. The zero-order valence-electron chi connectivity index (χ0n) is 13.2. The Labute approximate surface area is 127 Å². The molecule has 116 valence electrons. The van der Waals surface area contributed by atoms with Gasteiger partial charge in [-0.05, 0) is 51.8 Å². The van der Waals surface area contributed by atoms with E-state index in [1.807, 2.05) is 26.0 Å². The van der Waals surface area contributed by atoms with Crippen molar-refractivity contribution in [2.45, 2.75) is 39.2 Å². The first-order valence-electron chi connectivity index (χ1n) is 7.74. The lowest BCUT2D eigenvalue weighted by Gasteiger charge is -2.23.